The van der Waals surface area contributed by atoms with Crippen molar-refractivity contribution in [3.63, 3.8) is 0 Å². The van der Waals surface area contributed by atoms with Crippen molar-refractivity contribution >= 4 is 29.4 Å². The summed E-state index contributed by atoms with van der Waals surface area (Å²) in [6.45, 7) is 2.52. The van der Waals surface area contributed by atoms with Crippen LogP contribution in [0.1, 0.15) is 17.5 Å². The third kappa shape index (κ3) is 6.34. The first-order valence-electron chi connectivity index (χ1n) is 7.64. The van der Waals surface area contributed by atoms with E-state index < -0.39 is 6.03 Å². The molecule has 4 N–H and O–H groups in total. The van der Waals surface area contributed by atoms with Crippen LogP contribution in [0.3, 0.4) is 0 Å². The second-order valence-electron chi connectivity index (χ2n) is 5.37. The number of carbonyl (C=O) groups excluding carboxylic acids is 2. The lowest BCUT2D eigenvalue weighted by Gasteiger charge is -2.07. The van der Waals surface area contributed by atoms with Crippen LogP contribution >= 0.6 is 11.8 Å². The van der Waals surface area contributed by atoms with Gasteiger partial charge in [-0.05, 0) is 36.8 Å². The molecule has 0 aromatic heterocycles. The third-order valence-electron chi connectivity index (χ3n) is 3.33. The lowest BCUT2D eigenvalue weighted by atomic mass is 10.2. The molecule has 0 bridgehead atoms. The molecule has 0 radical (unpaired) electrons. The summed E-state index contributed by atoms with van der Waals surface area (Å²) >= 11 is 1.67. The molecule has 0 aliphatic carbocycles. The van der Waals surface area contributed by atoms with Crippen LogP contribution in [-0.2, 0) is 11.3 Å². The van der Waals surface area contributed by atoms with Crippen molar-refractivity contribution in [2.75, 3.05) is 11.1 Å². The first-order chi connectivity index (χ1) is 11.5. The smallest absolute Gasteiger partial charge is 0.316 e. The maximum absolute atomic E-state index is 11.9. The number of benzene rings is 2. The van der Waals surface area contributed by atoms with Crippen molar-refractivity contribution < 1.29 is 9.59 Å². The summed E-state index contributed by atoms with van der Waals surface area (Å²) < 4.78 is 0. The van der Waals surface area contributed by atoms with Gasteiger partial charge in [0.05, 0.1) is 0 Å². The number of nitrogens with one attached hydrogen (secondary N) is 2. The van der Waals surface area contributed by atoms with Gasteiger partial charge < -0.3 is 16.4 Å². The minimum atomic E-state index is -0.595. The van der Waals surface area contributed by atoms with Crippen LogP contribution in [0, 0.1) is 6.92 Å². The zero-order chi connectivity index (χ0) is 17.4. The Morgan fingerprint density at radius 1 is 1.04 bits per heavy atom. The van der Waals surface area contributed by atoms with E-state index in [1.807, 2.05) is 12.1 Å². The zero-order valence-electron chi connectivity index (χ0n) is 13.5. The fraction of sp³-hybridized carbons (Fsp3) is 0.222. The number of rotatable bonds is 7. The second kappa shape index (κ2) is 8.98. The van der Waals surface area contributed by atoms with Gasteiger partial charge in [0, 0.05) is 29.3 Å². The highest BCUT2D eigenvalue weighted by Gasteiger charge is 2.03. The number of hydrogen-bond donors (Lipinski definition) is 3. The van der Waals surface area contributed by atoms with E-state index >= 15 is 0 Å². The largest absolute Gasteiger partial charge is 0.352 e. The Kier molecular flexibility index (Phi) is 6.69. The summed E-state index contributed by atoms with van der Waals surface area (Å²) in [4.78, 5) is 23.8. The van der Waals surface area contributed by atoms with Gasteiger partial charge in [-0.3, -0.25) is 4.79 Å². The SMILES string of the molecule is Cc1ccc(SCCC(=O)NCc2ccc(NC(N)=O)cc2)cc1. The van der Waals surface area contributed by atoms with Gasteiger partial charge in [-0.1, -0.05) is 29.8 Å². The Hall–Kier alpha value is -2.47. The molecule has 24 heavy (non-hydrogen) atoms. The lowest BCUT2D eigenvalue weighted by Crippen LogP contribution is -2.23. The molecule has 2 rings (SSSR count). The Bertz CT molecular complexity index is 684. The number of carbonyl (C=O) groups is 2. The topological polar surface area (TPSA) is 84.2 Å². The summed E-state index contributed by atoms with van der Waals surface area (Å²) in [5.74, 6) is 0.769. The maximum atomic E-state index is 11.9. The van der Waals surface area contributed by atoms with Gasteiger partial charge in [0.1, 0.15) is 0 Å². The molecular formula is C18H21N3O2S. The number of urea groups is 1. The summed E-state index contributed by atoms with van der Waals surface area (Å²) in [7, 11) is 0. The number of thioether (sulfide) groups is 1. The molecule has 0 saturated carbocycles. The minimum Gasteiger partial charge on any atom is -0.352 e. The molecule has 0 fully saturated rings. The molecule has 0 saturated heterocycles. The molecule has 0 heterocycles. The molecule has 0 aliphatic rings. The van der Waals surface area contributed by atoms with Gasteiger partial charge in [-0.2, -0.15) is 0 Å². The fourth-order valence-electron chi connectivity index (χ4n) is 2.03. The zero-order valence-corrected chi connectivity index (χ0v) is 14.4. The molecule has 5 nitrogen and oxygen atoms in total. The van der Waals surface area contributed by atoms with Gasteiger partial charge >= 0.3 is 6.03 Å². The summed E-state index contributed by atoms with van der Waals surface area (Å²) in [5, 5.41) is 5.38. The molecule has 0 unspecified atom stereocenters. The van der Waals surface area contributed by atoms with Crippen LogP contribution in [0.15, 0.2) is 53.4 Å². The quantitative estimate of drug-likeness (QED) is 0.675. The summed E-state index contributed by atoms with van der Waals surface area (Å²) in [5.41, 5.74) is 7.87. The van der Waals surface area contributed by atoms with Gasteiger partial charge in [-0.15, -0.1) is 11.8 Å². The fourth-order valence-corrected chi connectivity index (χ4v) is 2.88. The Balaban J connectivity index is 1.69. The highest BCUT2D eigenvalue weighted by molar-refractivity contribution is 7.99. The van der Waals surface area contributed by atoms with Crippen LogP contribution in [0.25, 0.3) is 0 Å². The molecular weight excluding hydrogens is 322 g/mol. The van der Waals surface area contributed by atoms with Crippen LogP contribution in [0.5, 0.6) is 0 Å². The summed E-state index contributed by atoms with van der Waals surface area (Å²) in [6, 6.07) is 14.9. The van der Waals surface area contributed by atoms with E-state index in [2.05, 4.69) is 41.8 Å². The number of amides is 3. The van der Waals surface area contributed by atoms with E-state index in [-0.39, 0.29) is 5.91 Å². The van der Waals surface area contributed by atoms with E-state index in [1.54, 1.807) is 23.9 Å². The predicted molar refractivity (Wildman–Crippen MR) is 98.0 cm³/mol. The van der Waals surface area contributed by atoms with E-state index in [0.29, 0.717) is 18.7 Å². The van der Waals surface area contributed by atoms with E-state index in [4.69, 9.17) is 5.73 Å². The van der Waals surface area contributed by atoms with Gasteiger partial charge in [0.15, 0.2) is 0 Å². The maximum Gasteiger partial charge on any atom is 0.316 e. The van der Waals surface area contributed by atoms with Gasteiger partial charge in [0.2, 0.25) is 5.91 Å². The first-order valence-corrected chi connectivity index (χ1v) is 8.63. The van der Waals surface area contributed by atoms with Crippen molar-refractivity contribution in [3.8, 4) is 0 Å². The number of anilines is 1. The van der Waals surface area contributed by atoms with Crippen LogP contribution in [0.2, 0.25) is 0 Å². The predicted octanol–water partition coefficient (Wildman–Crippen LogP) is 3.28. The number of aryl methyl sites for hydroxylation is 1. The highest BCUT2D eigenvalue weighted by Crippen LogP contribution is 2.19. The highest BCUT2D eigenvalue weighted by atomic mass is 32.2. The number of hydrogen-bond acceptors (Lipinski definition) is 3. The normalized spacial score (nSPS) is 10.2. The standard InChI is InChI=1S/C18H21N3O2S/c1-13-2-8-16(9-3-13)24-11-10-17(22)20-12-14-4-6-15(7-5-14)21-18(19)23/h2-9H,10-12H2,1H3,(H,20,22)(H3,19,21,23). The Labute approximate surface area is 146 Å². The average Bonchev–Trinajstić information content (AvgIpc) is 2.55. The molecule has 0 spiro atoms. The lowest BCUT2D eigenvalue weighted by molar-refractivity contribution is -0.120. The average molecular weight is 343 g/mol. The number of primary amides is 1. The van der Waals surface area contributed by atoms with Crippen LogP contribution in [0.4, 0.5) is 10.5 Å². The number of nitrogens with two attached hydrogens (primary N) is 1. The monoisotopic (exact) mass is 343 g/mol. The summed E-state index contributed by atoms with van der Waals surface area (Å²) in [6.07, 6.45) is 0.472. The van der Waals surface area contributed by atoms with Gasteiger partial charge in [0.25, 0.3) is 0 Å². The molecule has 126 valence electrons. The van der Waals surface area contributed by atoms with Crippen LogP contribution in [-0.4, -0.2) is 17.7 Å². The molecule has 2 aromatic carbocycles. The Morgan fingerprint density at radius 3 is 2.33 bits per heavy atom. The molecule has 3 amide bonds. The van der Waals surface area contributed by atoms with E-state index in [9.17, 15) is 9.59 Å². The van der Waals surface area contributed by atoms with Crippen molar-refractivity contribution in [3.05, 3.63) is 59.7 Å². The van der Waals surface area contributed by atoms with Crippen LogP contribution < -0.4 is 16.4 Å². The van der Waals surface area contributed by atoms with Crippen molar-refractivity contribution in [1.82, 2.24) is 5.32 Å². The third-order valence-corrected chi connectivity index (χ3v) is 4.34. The van der Waals surface area contributed by atoms with Crippen molar-refractivity contribution in [2.24, 2.45) is 5.73 Å². The molecule has 6 heteroatoms. The minimum absolute atomic E-state index is 0.0222. The molecule has 2 aromatic rings. The van der Waals surface area contributed by atoms with E-state index in [0.717, 1.165) is 11.3 Å². The second-order valence-corrected chi connectivity index (χ2v) is 6.54. The molecule has 0 aliphatic heterocycles. The first kappa shape index (κ1) is 17.9. The van der Waals surface area contributed by atoms with Gasteiger partial charge in [-0.25, -0.2) is 4.79 Å². The Morgan fingerprint density at radius 2 is 1.71 bits per heavy atom. The van der Waals surface area contributed by atoms with E-state index in [1.165, 1.54) is 10.5 Å². The van der Waals surface area contributed by atoms with Crippen molar-refractivity contribution in [1.29, 1.82) is 0 Å². The van der Waals surface area contributed by atoms with Crippen molar-refractivity contribution in [2.45, 2.75) is 24.8 Å². The molecule has 0 atom stereocenters.